The van der Waals surface area contributed by atoms with Crippen molar-refractivity contribution in [2.75, 3.05) is 38.1 Å². The van der Waals surface area contributed by atoms with Crippen LogP contribution in [0.4, 0.5) is 9.52 Å². The van der Waals surface area contributed by atoms with E-state index in [0.29, 0.717) is 37.1 Å². The number of anilines is 1. The summed E-state index contributed by atoms with van der Waals surface area (Å²) >= 11 is 1.37. The number of benzene rings is 1. The lowest BCUT2D eigenvalue weighted by Gasteiger charge is -2.37. The predicted octanol–water partition coefficient (Wildman–Crippen LogP) is 1.83. The van der Waals surface area contributed by atoms with Crippen LogP contribution in [0.15, 0.2) is 35.8 Å². The quantitative estimate of drug-likeness (QED) is 0.812. The molecular formula is C18H21FN4O3S. The Bertz CT molecular complexity index is 761. The van der Waals surface area contributed by atoms with Gasteiger partial charge >= 0.3 is 0 Å². The molecule has 1 unspecified atom stereocenters. The third kappa shape index (κ3) is 5.24. The Morgan fingerprint density at radius 2 is 1.96 bits per heavy atom. The molecule has 0 saturated carbocycles. The molecule has 2 amide bonds. The van der Waals surface area contributed by atoms with Crippen LogP contribution in [0.25, 0.3) is 0 Å². The first-order valence-corrected chi connectivity index (χ1v) is 9.51. The van der Waals surface area contributed by atoms with Crippen molar-refractivity contribution in [2.45, 2.75) is 13.0 Å². The Labute approximate surface area is 160 Å². The van der Waals surface area contributed by atoms with Crippen molar-refractivity contribution in [3.8, 4) is 5.75 Å². The summed E-state index contributed by atoms with van der Waals surface area (Å²) in [4.78, 5) is 32.4. The van der Waals surface area contributed by atoms with Crippen LogP contribution in [-0.2, 0) is 9.59 Å². The Morgan fingerprint density at radius 3 is 2.59 bits per heavy atom. The van der Waals surface area contributed by atoms with E-state index in [2.05, 4.69) is 10.3 Å². The Hall–Kier alpha value is -2.52. The molecule has 1 saturated heterocycles. The average molecular weight is 392 g/mol. The maximum absolute atomic E-state index is 12.9. The van der Waals surface area contributed by atoms with Gasteiger partial charge in [-0.1, -0.05) is 0 Å². The number of nitrogens with one attached hydrogen (secondary N) is 1. The zero-order chi connectivity index (χ0) is 19.2. The van der Waals surface area contributed by atoms with E-state index in [0.717, 1.165) is 0 Å². The van der Waals surface area contributed by atoms with Crippen LogP contribution in [0.5, 0.6) is 5.75 Å². The predicted molar refractivity (Wildman–Crippen MR) is 100 cm³/mol. The minimum atomic E-state index is -0.349. The summed E-state index contributed by atoms with van der Waals surface area (Å²) in [5.41, 5.74) is 0. The normalized spacial score (nSPS) is 16.0. The average Bonchev–Trinajstić information content (AvgIpc) is 3.20. The summed E-state index contributed by atoms with van der Waals surface area (Å²) in [6.07, 6.45) is 1.64. The molecule has 0 aliphatic carbocycles. The number of hydrogen-bond donors (Lipinski definition) is 1. The minimum absolute atomic E-state index is 0.0915. The first-order valence-electron chi connectivity index (χ1n) is 8.63. The van der Waals surface area contributed by atoms with Gasteiger partial charge in [0.05, 0.1) is 6.04 Å². The molecule has 1 fully saturated rings. The second kappa shape index (κ2) is 8.92. The number of aromatic nitrogens is 1. The highest BCUT2D eigenvalue weighted by molar-refractivity contribution is 7.13. The van der Waals surface area contributed by atoms with Gasteiger partial charge in [0, 0.05) is 37.8 Å². The fraction of sp³-hybridized carbons (Fsp3) is 0.389. The number of rotatable bonds is 6. The Balaban J connectivity index is 1.42. The molecule has 1 aliphatic heterocycles. The van der Waals surface area contributed by atoms with E-state index in [4.69, 9.17) is 4.74 Å². The van der Waals surface area contributed by atoms with E-state index in [1.54, 1.807) is 16.5 Å². The first-order chi connectivity index (χ1) is 13.0. The van der Waals surface area contributed by atoms with E-state index < -0.39 is 0 Å². The SMILES string of the molecule is CC(C(=O)Nc1nccs1)N1CCN(C(=O)COc2ccc(F)cc2)CC1. The summed E-state index contributed by atoms with van der Waals surface area (Å²) in [6.45, 7) is 4.02. The summed E-state index contributed by atoms with van der Waals surface area (Å²) in [7, 11) is 0. The zero-order valence-corrected chi connectivity index (χ0v) is 15.7. The van der Waals surface area contributed by atoms with E-state index in [9.17, 15) is 14.0 Å². The van der Waals surface area contributed by atoms with Gasteiger partial charge in [0.15, 0.2) is 11.7 Å². The fourth-order valence-electron chi connectivity index (χ4n) is 2.79. The van der Waals surface area contributed by atoms with Gasteiger partial charge in [0.1, 0.15) is 11.6 Å². The lowest BCUT2D eigenvalue weighted by molar-refractivity contribution is -0.135. The molecule has 1 aliphatic rings. The van der Waals surface area contributed by atoms with Crippen LogP contribution >= 0.6 is 11.3 Å². The molecule has 7 nitrogen and oxygen atoms in total. The number of ether oxygens (including phenoxy) is 1. The van der Waals surface area contributed by atoms with E-state index in [-0.39, 0.29) is 30.3 Å². The Morgan fingerprint density at radius 1 is 1.26 bits per heavy atom. The van der Waals surface area contributed by atoms with Crippen LogP contribution < -0.4 is 10.1 Å². The highest BCUT2D eigenvalue weighted by atomic mass is 32.1. The van der Waals surface area contributed by atoms with Crippen molar-refractivity contribution in [2.24, 2.45) is 0 Å². The van der Waals surface area contributed by atoms with Gasteiger partial charge in [-0.25, -0.2) is 9.37 Å². The van der Waals surface area contributed by atoms with Crippen molar-refractivity contribution in [1.82, 2.24) is 14.8 Å². The van der Waals surface area contributed by atoms with Crippen LogP contribution in [0.1, 0.15) is 6.92 Å². The monoisotopic (exact) mass is 392 g/mol. The second-order valence-electron chi connectivity index (χ2n) is 6.16. The molecule has 27 heavy (non-hydrogen) atoms. The number of nitrogens with zero attached hydrogens (tertiary/aromatic N) is 3. The minimum Gasteiger partial charge on any atom is -0.484 e. The van der Waals surface area contributed by atoms with Gasteiger partial charge in [-0.15, -0.1) is 11.3 Å². The number of amides is 2. The summed E-state index contributed by atoms with van der Waals surface area (Å²) in [5.74, 6) is -0.128. The molecule has 0 bridgehead atoms. The van der Waals surface area contributed by atoms with Crippen LogP contribution in [0.2, 0.25) is 0 Å². The maximum atomic E-state index is 12.9. The largest absolute Gasteiger partial charge is 0.484 e. The topological polar surface area (TPSA) is 74.8 Å². The molecule has 1 aromatic carbocycles. The van der Waals surface area contributed by atoms with Crippen molar-refractivity contribution < 1.29 is 18.7 Å². The van der Waals surface area contributed by atoms with Crippen molar-refractivity contribution in [3.63, 3.8) is 0 Å². The lowest BCUT2D eigenvalue weighted by atomic mass is 10.2. The van der Waals surface area contributed by atoms with Gasteiger partial charge in [-0.05, 0) is 31.2 Å². The lowest BCUT2D eigenvalue weighted by Crippen LogP contribution is -2.54. The van der Waals surface area contributed by atoms with Gasteiger partial charge in [0.2, 0.25) is 5.91 Å². The molecule has 3 rings (SSSR count). The standard InChI is InChI=1S/C18H21FN4O3S/c1-13(17(25)21-18-20-6-11-27-18)22-7-9-23(10-8-22)16(24)12-26-15-4-2-14(19)3-5-15/h2-6,11,13H,7-10,12H2,1H3,(H,20,21,25). The van der Waals surface area contributed by atoms with Crippen molar-refractivity contribution >= 4 is 28.3 Å². The molecule has 2 aromatic rings. The number of piperazine rings is 1. The van der Waals surface area contributed by atoms with E-state index in [1.165, 1.54) is 35.6 Å². The molecule has 9 heteroatoms. The van der Waals surface area contributed by atoms with Crippen molar-refractivity contribution in [1.29, 1.82) is 0 Å². The van der Waals surface area contributed by atoms with Gasteiger partial charge < -0.3 is 15.0 Å². The second-order valence-corrected chi connectivity index (χ2v) is 7.06. The van der Waals surface area contributed by atoms with E-state index >= 15 is 0 Å². The van der Waals surface area contributed by atoms with E-state index in [1.807, 2.05) is 11.8 Å². The maximum Gasteiger partial charge on any atom is 0.260 e. The van der Waals surface area contributed by atoms with Crippen LogP contribution in [0, 0.1) is 5.82 Å². The molecular weight excluding hydrogens is 371 g/mol. The summed E-state index contributed by atoms with van der Waals surface area (Å²) in [6, 6.07) is 5.25. The summed E-state index contributed by atoms with van der Waals surface area (Å²) < 4.78 is 18.3. The fourth-order valence-corrected chi connectivity index (χ4v) is 3.32. The molecule has 1 atom stereocenters. The molecule has 1 N–H and O–H groups in total. The Kier molecular flexibility index (Phi) is 6.36. The molecule has 1 aromatic heterocycles. The highest BCUT2D eigenvalue weighted by Crippen LogP contribution is 2.14. The molecule has 0 radical (unpaired) electrons. The molecule has 144 valence electrons. The first kappa shape index (κ1) is 19.2. The zero-order valence-electron chi connectivity index (χ0n) is 14.9. The van der Waals surface area contributed by atoms with Crippen molar-refractivity contribution in [3.05, 3.63) is 41.7 Å². The van der Waals surface area contributed by atoms with Gasteiger partial charge in [-0.2, -0.15) is 0 Å². The van der Waals surface area contributed by atoms with Crippen LogP contribution in [-0.4, -0.2) is 65.4 Å². The number of carbonyl (C=O) groups is 2. The van der Waals surface area contributed by atoms with Crippen LogP contribution in [0.3, 0.4) is 0 Å². The third-order valence-electron chi connectivity index (χ3n) is 4.43. The number of halogens is 1. The number of hydrogen-bond acceptors (Lipinski definition) is 6. The number of thiazole rings is 1. The highest BCUT2D eigenvalue weighted by Gasteiger charge is 2.27. The summed E-state index contributed by atoms with van der Waals surface area (Å²) in [5, 5.41) is 5.18. The third-order valence-corrected chi connectivity index (χ3v) is 5.12. The molecule has 2 heterocycles. The molecule has 0 spiro atoms. The van der Waals surface area contributed by atoms with Gasteiger partial charge in [-0.3, -0.25) is 14.5 Å². The number of carbonyl (C=O) groups excluding carboxylic acids is 2. The smallest absolute Gasteiger partial charge is 0.260 e. The van der Waals surface area contributed by atoms with Gasteiger partial charge in [0.25, 0.3) is 5.91 Å².